The van der Waals surface area contributed by atoms with Crippen LogP contribution in [0, 0.1) is 20.8 Å². The van der Waals surface area contributed by atoms with Crippen LogP contribution in [0.25, 0.3) is 0 Å². The van der Waals surface area contributed by atoms with E-state index in [1.165, 1.54) is 61.6 Å². The summed E-state index contributed by atoms with van der Waals surface area (Å²) in [7, 11) is 0. The first-order valence-corrected chi connectivity index (χ1v) is 21.2. The van der Waals surface area contributed by atoms with Crippen molar-refractivity contribution < 1.29 is 4.74 Å². The smallest absolute Gasteiger partial charge is 0.137 e. The van der Waals surface area contributed by atoms with Crippen LogP contribution in [0.3, 0.4) is 0 Å². The van der Waals surface area contributed by atoms with Crippen molar-refractivity contribution >= 4 is 39.9 Å². The number of pyridine rings is 1. The second-order valence-corrected chi connectivity index (χ2v) is 20.5. The Bertz CT molecular complexity index is 2570. The molecule has 2 aliphatic rings. The minimum atomic E-state index is -0.232. The average Bonchev–Trinajstić information content (AvgIpc) is 3.52. The van der Waals surface area contributed by atoms with Gasteiger partial charge in [0, 0.05) is 35.0 Å². The lowest BCUT2D eigenvalue weighted by molar-refractivity contribution is 0.453. The van der Waals surface area contributed by atoms with Crippen molar-refractivity contribution in [3.63, 3.8) is 0 Å². The van der Waals surface area contributed by atoms with Crippen molar-refractivity contribution in [2.24, 2.45) is 0 Å². The van der Waals surface area contributed by atoms with Crippen molar-refractivity contribution in [2.75, 3.05) is 21.4 Å². The zero-order chi connectivity index (χ0) is 42.4. The highest BCUT2D eigenvalue weighted by atomic mass is 16.5. The Morgan fingerprint density at radius 1 is 0.559 bits per heavy atom. The van der Waals surface area contributed by atoms with E-state index in [9.17, 15) is 0 Å². The summed E-state index contributed by atoms with van der Waals surface area (Å²) in [5.41, 5.74) is 16.6. The summed E-state index contributed by atoms with van der Waals surface area (Å²) in [6, 6.07) is 38.0. The van der Waals surface area contributed by atoms with Crippen LogP contribution in [0.4, 0.5) is 39.9 Å². The summed E-state index contributed by atoms with van der Waals surface area (Å²) in [4.78, 5) is 12.3. The van der Waals surface area contributed by atoms with Crippen molar-refractivity contribution in [3.05, 3.63) is 154 Å². The quantitative estimate of drug-likeness (QED) is 0.174. The molecule has 5 heteroatoms. The molecule has 0 unspecified atom stereocenters. The fourth-order valence-electron chi connectivity index (χ4n) is 9.41. The van der Waals surface area contributed by atoms with Gasteiger partial charge in [0.05, 0.1) is 28.4 Å². The lowest BCUT2D eigenvalue weighted by atomic mass is 9.73. The maximum Gasteiger partial charge on any atom is 0.137 e. The normalized spacial score (nSPS) is 14.9. The van der Waals surface area contributed by atoms with Crippen molar-refractivity contribution in [1.82, 2.24) is 4.98 Å². The Kier molecular flexibility index (Phi) is 9.57. The molecular weight excluding hydrogens is 721 g/mol. The third kappa shape index (κ3) is 7.07. The molecule has 0 spiro atoms. The minimum absolute atomic E-state index is 0.0228. The predicted molar refractivity (Wildman–Crippen MR) is 250 cm³/mol. The van der Waals surface area contributed by atoms with Gasteiger partial charge in [-0.05, 0) is 113 Å². The summed E-state index contributed by atoms with van der Waals surface area (Å²) >= 11 is 0. The summed E-state index contributed by atoms with van der Waals surface area (Å²) in [6.07, 6.45) is 1.95. The maximum atomic E-state index is 7.25. The Morgan fingerprint density at radius 2 is 1.15 bits per heavy atom. The molecule has 59 heavy (non-hydrogen) atoms. The number of rotatable bonds is 5. The fourth-order valence-corrected chi connectivity index (χ4v) is 9.41. The van der Waals surface area contributed by atoms with E-state index >= 15 is 0 Å². The van der Waals surface area contributed by atoms with Crippen LogP contribution in [0.5, 0.6) is 11.5 Å². The Labute approximate surface area is 353 Å². The molecule has 5 aromatic carbocycles. The van der Waals surface area contributed by atoms with Crippen molar-refractivity contribution in [1.29, 1.82) is 0 Å². The lowest BCUT2D eigenvalue weighted by Crippen LogP contribution is -2.31. The number of ether oxygens (including phenoxy) is 1. The molecule has 8 rings (SSSR count). The van der Waals surface area contributed by atoms with Gasteiger partial charge < -0.3 is 14.5 Å². The molecule has 6 aromatic rings. The standard InChI is InChI=1S/C54H62N4O/c1-34-27-35(2)50(36(3)28-34)57-33-56(44-21-17-18-22-45(44)57)46-32-48(42(53(10,11)12)31-41(46)52(7,8)9)59-38-23-24-40-47(30-38)58(43-20-16-15-19-39(43)54(40,13)14)49-29-37(25-26-55-49)51(4,5)6/h15-32H,33H2,1-14H3. The third-order valence-electron chi connectivity index (χ3n) is 12.4. The van der Waals surface area contributed by atoms with E-state index in [1.54, 1.807) is 0 Å². The topological polar surface area (TPSA) is 31.8 Å². The van der Waals surface area contributed by atoms with Gasteiger partial charge in [-0.2, -0.15) is 0 Å². The zero-order valence-electron chi connectivity index (χ0n) is 37.8. The number of aryl methyl sites for hydroxylation is 3. The first kappa shape index (κ1) is 40.2. The molecular formula is C54H62N4O. The fraction of sp³-hybridized carbons (Fsp3) is 0.352. The Morgan fingerprint density at radius 3 is 1.78 bits per heavy atom. The number of benzene rings is 5. The summed E-state index contributed by atoms with van der Waals surface area (Å²) in [6.45, 7) is 32.6. The summed E-state index contributed by atoms with van der Waals surface area (Å²) in [5.74, 6) is 2.57. The zero-order valence-corrected chi connectivity index (χ0v) is 37.8. The molecule has 304 valence electrons. The number of para-hydroxylation sites is 3. The van der Waals surface area contributed by atoms with E-state index in [0.717, 1.165) is 34.4 Å². The lowest BCUT2D eigenvalue weighted by Gasteiger charge is -2.41. The van der Waals surface area contributed by atoms with E-state index in [2.05, 4.69) is 215 Å². The van der Waals surface area contributed by atoms with Crippen molar-refractivity contribution in [3.8, 4) is 11.5 Å². The average molecular weight is 783 g/mol. The van der Waals surface area contributed by atoms with E-state index in [-0.39, 0.29) is 21.7 Å². The molecule has 0 fully saturated rings. The molecule has 0 saturated carbocycles. The molecule has 2 aliphatic heterocycles. The highest BCUT2D eigenvalue weighted by Gasteiger charge is 2.39. The third-order valence-corrected chi connectivity index (χ3v) is 12.4. The first-order valence-electron chi connectivity index (χ1n) is 21.2. The second kappa shape index (κ2) is 14.0. The van der Waals surface area contributed by atoms with E-state index in [0.29, 0.717) is 6.67 Å². The number of anilines is 7. The molecule has 0 radical (unpaired) electrons. The molecule has 0 aliphatic carbocycles. The molecule has 3 heterocycles. The second-order valence-electron chi connectivity index (χ2n) is 20.5. The van der Waals surface area contributed by atoms with Gasteiger partial charge in [0.25, 0.3) is 0 Å². The molecule has 1 aromatic heterocycles. The van der Waals surface area contributed by atoms with Gasteiger partial charge in [0.2, 0.25) is 0 Å². The molecule has 0 bridgehead atoms. The summed E-state index contributed by atoms with van der Waals surface area (Å²) in [5, 5.41) is 0. The highest BCUT2D eigenvalue weighted by Crippen LogP contribution is 2.54. The molecule has 0 atom stereocenters. The largest absolute Gasteiger partial charge is 0.457 e. The minimum Gasteiger partial charge on any atom is -0.457 e. The molecule has 0 N–H and O–H groups in total. The van der Waals surface area contributed by atoms with E-state index < -0.39 is 0 Å². The number of fused-ring (bicyclic) bond motifs is 3. The first-order chi connectivity index (χ1) is 27.6. The summed E-state index contributed by atoms with van der Waals surface area (Å²) < 4.78 is 7.25. The van der Waals surface area contributed by atoms with E-state index in [1.807, 2.05) is 6.20 Å². The van der Waals surface area contributed by atoms with Gasteiger partial charge in [-0.1, -0.05) is 130 Å². The van der Waals surface area contributed by atoms with Crippen LogP contribution in [-0.4, -0.2) is 11.7 Å². The van der Waals surface area contributed by atoms with Crippen molar-refractivity contribution in [2.45, 2.75) is 119 Å². The highest BCUT2D eigenvalue weighted by molar-refractivity contribution is 5.90. The predicted octanol–water partition coefficient (Wildman–Crippen LogP) is 15.0. The number of hydrogen-bond acceptors (Lipinski definition) is 5. The van der Waals surface area contributed by atoms with Gasteiger partial charge in [-0.25, -0.2) is 4.98 Å². The van der Waals surface area contributed by atoms with Gasteiger partial charge in [-0.15, -0.1) is 0 Å². The van der Waals surface area contributed by atoms with Crippen LogP contribution in [0.1, 0.15) is 121 Å². The van der Waals surface area contributed by atoms with Crippen LogP contribution in [-0.2, 0) is 21.7 Å². The van der Waals surface area contributed by atoms with Crippen LogP contribution >= 0.6 is 0 Å². The Hall–Kier alpha value is -5.55. The van der Waals surface area contributed by atoms with Gasteiger partial charge >= 0.3 is 0 Å². The number of hydrogen-bond donors (Lipinski definition) is 0. The van der Waals surface area contributed by atoms with Crippen LogP contribution in [0.15, 0.2) is 109 Å². The van der Waals surface area contributed by atoms with Gasteiger partial charge in [0.15, 0.2) is 0 Å². The SMILES string of the molecule is Cc1cc(C)c(N2CN(c3cc(Oc4ccc5c(c4)N(c4cc(C(C)(C)C)ccn4)c4ccccc4C5(C)C)c(C(C)(C)C)cc3C(C)(C)C)c3ccccc32)c(C)c1. The number of nitrogens with zero attached hydrogens (tertiary/aromatic N) is 4. The number of aromatic nitrogens is 1. The Balaban J connectivity index is 1.29. The van der Waals surface area contributed by atoms with Gasteiger partial charge in [0.1, 0.15) is 24.0 Å². The van der Waals surface area contributed by atoms with E-state index in [4.69, 9.17) is 9.72 Å². The molecule has 0 saturated heterocycles. The monoisotopic (exact) mass is 782 g/mol. The molecule has 5 nitrogen and oxygen atoms in total. The van der Waals surface area contributed by atoms with Crippen LogP contribution in [0.2, 0.25) is 0 Å². The van der Waals surface area contributed by atoms with Crippen LogP contribution < -0.4 is 19.4 Å². The maximum absolute atomic E-state index is 7.25. The van der Waals surface area contributed by atoms with Gasteiger partial charge in [-0.3, -0.25) is 4.90 Å². The molecule has 0 amide bonds.